The second-order valence-electron chi connectivity index (χ2n) is 3.17. The summed E-state index contributed by atoms with van der Waals surface area (Å²) in [6.45, 7) is 6.99. The number of nitrogens with two attached hydrogens (primary N) is 1. The average Bonchev–Trinajstić information content (AvgIpc) is 1.87. The lowest BCUT2D eigenvalue weighted by molar-refractivity contribution is -0.120. The summed E-state index contributed by atoms with van der Waals surface area (Å²) in [5.74, 6) is 0.302. The third-order valence-electron chi connectivity index (χ3n) is 1.52. The van der Waals surface area contributed by atoms with E-state index in [1.165, 1.54) is 0 Å². The predicted molar refractivity (Wildman–Crippen MR) is 46.1 cm³/mol. The zero-order chi connectivity index (χ0) is 8.85. The summed E-state index contributed by atoms with van der Waals surface area (Å²) in [7, 11) is 0. The molecule has 0 aliphatic carbocycles. The molecule has 0 aromatic rings. The molecule has 0 saturated carbocycles. The van der Waals surface area contributed by atoms with Crippen molar-refractivity contribution in [1.82, 2.24) is 5.32 Å². The van der Waals surface area contributed by atoms with Crippen molar-refractivity contribution in [3.63, 3.8) is 0 Å². The minimum absolute atomic E-state index is 0.155. The number of carbonyl (C=O) groups is 1. The number of nitrogens with one attached hydrogen (secondary N) is 1. The quantitative estimate of drug-likeness (QED) is 0.612. The normalized spacial score (nSPS) is 13.5. The summed E-state index contributed by atoms with van der Waals surface area (Å²) in [6, 6.07) is -0.155. The first kappa shape index (κ1) is 10.4. The fourth-order valence-electron chi connectivity index (χ4n) is 0.824. The summed E-state index contributed by atoms with van der Waals surface area (Å²) >= 11 is 0. The van der Waals surface area contributed by atoms with E-state index in [-0.39, 0.29) is 11.9 Å². The van der Waals surface area contributed by atoms with Gasteiger partial charge in [0.15, 0.2) is 0 Å². The average molecular weight is 158 g/mol. The van der Waals surface area contributed by atoms with E-state index in [2.05, 4.69) is 19.2 Å². The first-order valence-electron chi connectivity index (χ1n) is 4.10. The van der Waals surface area contributed by atoms with E-state index in [9.17, 15) is 4.79 Å². The monoisotopic (exact) mass is 158 g/mol. The molecule has 66 valence electrons. The van der Waals surface area contributed by atoms with Crippen LogP contribution in [0, 0.1) is 5.92 Å². The number of hydrogen-bond donors (Lipinski definition) is 2. The van der Waals surface area contributed by atoms with Gasteiger partial charge in [0.1, 0.15) is 0 Å². The molecular formula is C8H18N2O. The second kappa shape index (κ2) is 5.13. The molecule has 0 unspecified atom stereocenters. The van der Waals surface area contributed by atoms with Gasteiger partial charge in [-0.05, 0) is 18.9 Å². The van der Waals surface area contributed by atoms with Gasteiger partial charge in [-0.25, -0.2) is 0 Å². The molecule has 0 rings (SSSR count). The lowest BCUT2D eigenvalue weighted by Gasteiger charge is -2.14. The highest BCUT2D eigenvalue weighted by atomic mass is 16.1. The fourth-order valence-corrected chi connectivity index (χ4v) is 0.824. The van der Waals surface area contributed by atoms with Gasteiger partial charge in [-0.3, -0.25) is 4.79 Å². The first-order chi connectivity index (χ1) is 5.07. The molecule has 0 saturated heterocycles. The highest BCUT2D eigenvalue weighted by Gasteiger charge is 2.11. The number of rotatable bonds is 5. The van der Waals surface area contributed by atoms with E-state index in [1.54, 1.807) is 0 Å². The molecule has 0 aromatic heterocycles. The zero-order valence-electron chi connectivity index (χ0n) is 7.55. The molecule has 11 heavy (non-hydrogen) atoms. The molecular weight excluding hydrogens is 140 g/mol. The fraction of sp³-hybridized carbons (Fsp3) is 0.875. The Kier molecular flexibility index (Phi) is 4.86. The van der Waals surface area contributed by atoms with Crippen LogP contribution in [0.3, 0.4) is 0 Å². The Balaban J connectivity index is 3.61. The lowest BCUT2D eigenvalue weighted by atomic mass is 10.1. The van der Waals surface area contributed by atoms with Crippen molar-refractivity contribution < 1.29 is 4.79 Å². The summed E-state index contributed by atoms with van der Waals surface area (Å²) in [5.41, 5.74) is 5.13. The Bertz CT molecular complexity index is 123. The van der Waals surface area contributed by atoms with Crippen LogP contribution >= 0.6 is 0 Å². The van der Waals surface area contributed by atoms with Crippen LogP contribution in [-0.2, 0) is 4.79 Å². The van der Waals surface area contributed by atoms with E-state index in [1.807, 2.05) is 6.92 Å². The maximum Gasteiger partial charge on any atom is 0.234 e. The van der Waals surface area contributed by atoms with E-state index in [4.69, 9.17) is 5.73 Å². The Morgan fingerprint density at radius 1 is 1.55 bits per heavy atom. The van der Waals surface area contributed by atoms with Gasteiger partial charge in [-0.2, -0.15) is 0 Å². The van der Waals surface area contributed by atoms with Crippen molar-refractivity contribution in [3.05, 3.63) is 0 Å². The SMILES string of the molecule is CC[C@@H](NCC(C)C)C(N)=O. The van der Waals surface area contributed by atoms with Crippen LogP contribution in [0.5, 0.6) is 0 Å². The summed E-state index contributed by atoms with van der Waals surface area (Å²) in [4.78, 5) is 10.7. The lowest BCUT2D eigenvalue weighted by Crippen LogP contribution is -2.42. The molecule has 0 spiro atoms. The molecule has 1 atom stereocenters. The van der Waals surface area contributed by atoms with Gasteiger partial charge in [0.2, 0.25) is 5.91 Å². The van der Waals surface area contributed by atoms with Gasteiger partial charge in [0.25, 0.3) is 0 Å². The van der Waals surface area contributed by atoms with Crippen molar-refractivity contribution in [2.75, 3.05) is 6.54 Å². The maximum atomic E-state index is 10.7. The molecule has 3 nitrogen and oxygen atoms in total. The van der Waals surface area contributed by atoms with Gasteiger partial charge in [0, 0.05) is 0 Å². The molecule has 0 aliphatic rings. The summed E-state index contributed by atoms with van der Waals surface area (Å²) in [6.07, 6.45) is 0.766. The largest absolute Gasteiger partial charge is 0.368 e. The third kappa shape index (κ3) is 4.79. The van der Waals surface area contributed by atoms with Gasteiger partial charge < -0.3 is 11.1 Å². The van der Waals surface area contributed by atoms with Gasteiger partial charge in [-0.15, -0.1) is 0 Å². The van der Waals surface area contributed by atoms with Crippen LogP contribution in [0.2, 0.25) is 0 Å². The Hall–Kier alpha value is -0.570. The van der Waals surface area contributed by atoms with E-state index >= 15 is 0 Å². The molecule has 0 fully saturated rings. The van der Waals surface area contributed by atoms with E-state index in [0.717, 1.165) is 13.0 Å². The standard InChI is InChI=1S/C8H18N2O/c1-4-7(8(9)11)10-5-6(2)3/h6-7,10H,4-5H2,1-3H3,(H2,9,11)/t7-/m1/s1. The molecule has 3 N–H and O–H groups in total. The van der Waals surface area contributed by atoms with Crippen LogP contribution in [-0.4, -0.2) is 18.5 Å². The van der Waals surface area contributed by atoms with Crippen LogP contribution in [0.1, 0.15) is 27.2 Å². The maximum absolute atomic E-state index is 10.7. The zero-order valence-corrected chi connectivity index (χ0v) is 7.55. The van der Waals surface area contributed by atoms with Crippen molar-refractivity contribution >= 4 is 5.91 Å². The Morgan fingerprint density at radius 2 is 2.09 bits per heavy atom. The Labute approximate surface area is 68.3 Å². The third-order valence-corrected chi connectivity index (χ3v) is 1.52. The predicted octanol–water partition coefficient (Wildman–Crippen LogP) is 0.496. The van der Waals surface area contributed by atoms with Gasteiger partial charge in [0.05, 0.1) is 6.04 Å². The van der Waals surface area contributed by atoms with Gasteiger partial charge in [-0.1, -0.05) is 20.8 Å². The number of hydrogen-bond acceptors (Lipinski definition) is 2. The molecule has 1 amide bonds. The van der Waals surface area contributed by atoms with E-state index in [0.29, 0.717) is 5.92 Å². The number of amides is 1. The highest BCUT2D eigenvalue weighted by molar-refractivity contribution is 5.79. The van der Waals surface area contributed by atoms with Gasteiger partial charge >= 0.3 is 0 Å². The molecule has 0 aliphatic heterocycles. The van der Waals surface area contributed by atoms with Crippen LogP contribution in [0.15, 0.2) is 0 Å². The topological polar surface area (TPSA) is 55.1 Å². The van der Waals surface area contributed by atoms with Crippen molar-refractivity contribution in [2.24, 2.45) is 11.7 Å². The van der Waals surface area contributed by atoms with Crippen molar-refractivity contribution in [2.45, 2.75) is 33.2 Å². The first-order valence-corrected chi connectivity index (χ1v) is 4.10. The molecule has 0 radical (unpaired) electrons. The van der Waals surface area contributed by atoms with Crippen LogP contribution in [0.4, 0.5) is 0 Å². The number of primary amides is 1. The second-order valence-corrected chi connectivity index (χ2v) is 3.17. The molecule has 3 heteroatoms. The highest BCUT2D eigenvalue weighted by Crippen LogP contribution is 1.93. The van der Waals surface area contributed by atoms with Crippen LogP contribution in [0.25, 0.3) is 0 Å². The minimum Gasteiger partial charge on any atom is -0.368 e. The molecule has 0 heterocycles. The minimum atomic E-state index is -0.256. The smallest absolute Gasteiger partial charge is 0.234 e. The molecule has 0 aromatic carbocycles. The summed E-state index contributed by atoms with van der Waals surface area (Å²) in [5, 5.41) is 3.09. The van der Waals surface area contributed by atoms with Crippen LogP contribution < -0.4 is 11.1 Å². The van der Waals surface area contributed by atoms with Crippen molar-refractivity contribution in [3.8, 4) is 0 Å². The van der Waals surface area contributed by atoms with Crippen molar-refractivity contribution in [1.29, 1.82) is 0 Å². The summed E-state index contributed by atoms with van der Waals surface area (Å²) < 4.78 is 0. The van der Waals surface area contributed by atoms with E-state index < -0.39 is 0 Å². The number of carbonyl (C=O) groups excluding carboxylic acids is 1. The molecule has 0 bridgehead atoms. The Morgan fingerprint density at radius 3 is 2.36 bits per heavy atom.